The molecule has 0 spiro atoms. The van der Waals surface area contributed by atoms with Gasteiger partial charge in [-0.05, 0) is 59.5 Å². The summed E-state index contributed by atoms with van der Waals surface area (Å²) in [6, 6.07) is 16.4. The van der Waals surface area contributed by atoms with Gasteiger partial charge in [-0.2, -0.15) is 4.31 Å². The molecular formula is C22H23BrN2O3S. The van der Waals surface area contributed by atoms with Crippen LogP contribution in [-0.4, -0.2) is 32.2 Å². The molecule has 0 fully saturated rings. The summed E-state index contributed by atoms with van der Waals surface area (Å²) >= 11 is 3.46. The highest BCUT2D eigenvalue weighted by molar-refractivity contribution is 9.10. The van der Waals surface area contributed by atoms with E-state index in [1.54, 1.807) is 18.2 Å². The van der Waals surface area contributed by atoms with Gasteiger partial charge in [0, 0.05) is 17.2 Å². The van der Waals surface area contributed by atoms with Crippen molar-refractivity contribution < 1.29 is 13.2 Å². The zero-order valence-corrected chi connectivity index (χ0v) is 19.0. The van der Waals surface area contributed by atoms with Crippen LogP contribution in [0.25, 0.3) is 10.8 Å². The van der Waals surface area contributed by atoms with Gasteiger partial charge >= 0.3 is 0 Å². The molecule has 0 aliphatic heterocycles. The lowest BCUT2D eigenvalue weighted by molar-refractivity contribution is -0.116. The van der Waals surface area contributed by atoms with E-state index in [4.69, 9.17) is 0 Å². The molecule has 0 aliphatic carbocycles. The maximum Gasteiger partial charge on any atom is 0.243 e. The van der Waals surface area contributed by atoms with Crippen molar-refractivity contribution in [3.63, 3.8) is 0 Å². The Labute approximate surface area is 179 Å². The van der Waals surface area contributed by atoms with Crippen molar-refractivity contribution in [1.82, 2.24) is 4.31 Å². The number of halogens is 1. The third-order valence-corrected chi connectivity index (χ3v) is 7.08. The molecule has 3 aromatic carbocycles. The van der Waals surface area contributed by atoms with E-state index in [1.807, 2.05) is 50.2 Å². The quantitative estimate of drug-likeness (QED) is 0.561. The Morgan fingerprint density at radius 1 is 1.07 bits per heavy atom. The van der Waals surface area contributed by atoms with Crippen molar-refractivity contribution in [3.05, 3.63) is 70.2 Å². The van der Waals surface area contributed by atoms with Crippen LogP contribution >= 0.6 is 15.9 Å². The Morgan fingerprint density at radius 2 is 1.76 bits per heavy atom. The van der Waals surface area contributed by atoms with Gasteiger partial charge < -0.3 is 5.32 Å². The van der Waals surface area contributed by atoms with Crippen LogP contribution in [0.4, 0.5) is 5.69 Å². The van der Waals surface area contributed by atoms with Crippen LogP contribution in [0, 0.1) is 6.92 Å². The van der Waals surface area contributed by atoms with Gasteiger partial charge in [-0.1, -0.05) is 53.2 Å². The summed E-state index contributed by atoms with van der Waals surface area (Å²) in [6.45, 7) is 3.65. The van der Waals surface area contributed by atoms with Crippen molar-refractivity contribution >= 4 is 48.3 Å². The highest BCUT2D eigenvalue weighted by Gasteiger charge is 2.23. The number of likely N-dealkylation sites (N-methyl/N-ethyl adjacent to an activating group) is 1. The molecule has 0 bridgehead atoms. The minimum atomic E-state index is -3.79. The zero-order valence-electron chi connectivity index (χ0n) is 16.6. The van der Waals surface area contributed by atoms with Crippen molar-refractivity contribution in [1.29, 1.82) is 0 Å². The fourth-order valence-corrected chi connectivity index (χ4v) is 5.03. The molecule has 1 amide bonds. The summed E-state index contributed by atoms with van der Waals surface area (Å²) in [5.74, 6) is -0.378. The molecule has 0 unspecified atom stereocenters. The number of anilines is 1. The van der Waals surface area contributed by atoms with E-state index in [0.717, 1.165) is 42.8 Å². The second-order valence-electron chi connectivity index (χ2n) is 6.93. The first kappa shape index (κ1) is 21.5. The van der Waals surface area contributed by atoms with E-state index in [9.17, 15) is 13.2 Å². The Bertz CT molecular complexity index is 1180. The van der Waals surface area contributed by atoms with Crippen LogP contribution in [0.1, 0.15) is 18.1 Å². The number of benzene rings is 3. The summed E-state index contributed by atoms with van der Waals surface area (Å²) in [7, 11) is -2.37. The van der Waals surface area contributed by atoms with Crippen molar-refractivity contribution in [2.45, 2.75) is 25.2 Å². The molecule has 0 radical (unpaired) electrons. The van der Waals surface area contributed by atoms with E-state index >= 15 is 0 Å². The molecule has 152 valence electrons. The molecule has 5 nitrogen and oxygen atoms in total. The van der Waals surface area contributed by atoms with E-state index < -0.39 is 10.0 Å². The van der Waals surface area contributed by atoms with E-state index in [1.165, 1.54) is 7.05 Å². The number of hydrogen-bond acceptors (Lipinski definition) is 3. The average Bonchev–Trinajstić information content (AvgIpc) is 2.69. The molecule has 0 saturated carbocycles. The molecule has 0 saturated heterocycles. The Kier molecular flexibility index (Phi) is 6.41. The van der Waals surface area contributed by atoms with Gasteiger partial charge in [-0.25, -0.2) is 8.42 Å². The molecule has 0 aromatic heterocycles. The Balaban J connectivity index is 1.80. The van der Waals surface area contributed by atoms with Gasteiger partial charge in [0.15, 0.2) is 0 Å². The van der Waals surface area contributed by atoms with Crippen molar-refractivity contribution in [3.8, 4) is 0 Å². The number of carbonyl (C=O) groups is 1. The summed E-state index contributed by atoms with van der Waals surface area (Å²) in [5.41, 5.74) is 2.65. The topological polar surface area (TPSA) is 66.5 Å². The molecule has 0 atom stereocenters. The second kappa shape index (κ2) is 8.65. The van der Waals surface area contributed by atoms with Gasteiger partial charge in [-0.15, -0.1) is 0 Å². The highest BCUT2D eigenvalue weighted by Crippen LogP contribution is 2.27. The van der Waals surface area contributed by atoms with Gasteiger partial charge in [0.2, 0.25) is 15.9 Å². The molecule has 1 N–H and O–H groups in total. The number of amides is 1. The maximum atomic E-state index is 12.9. The first-order chi connectivity index (χ1) is 13.7. The smallest absolute Gasteiger partial charge is 0.243 e. The first-order valence-electron chi connectivity index (χ1n) is 9.26. The SMILES string of the molecule is CCc1cc(Br)cc(C)c1NC(=O)CN(C)S(=O)(=O)c1ccc2ccccc2c1. The first-order valence-corrected chi connectivity index (χ1v) is 11.5. The minimum Gasteiger partial charge on any atom is -0.324 e. The lowest BCUT2D eigenvalue weighted by Crippen LogP contribution is -2.35. The molecule has 0 aliphatic rings. The van der Waals surface area contributed by atoms with Crippen molar-refractivity contribution in [2.24, 2.45) is 0 Å². The molecule has 7 heteroatoms. The number of aryl methyl sites for hydroxylation is 2. The van der Waals surface area contributed by atoms with Crippen LogP contribution in [0.2, 0.25) is 0 Å². The number of hydrogen-bond donors (Lipinski definition) is 1. The largest absolute Gasteiger partial charge is 0.324 e. The Hall–Kier alpha value is -2.22. The van der Waals surface area contributed by atoms with Crippen LogP contribution in [0.15, 0.2) is 64.0 Å². The van der Waals surface area contributed by atoms with Gasteiger partial charge in [-0.3, -0.25) is 4.79 Å². The van der Waals surface area contributed by atoms with E-state index in [-0.39, 0.29) is 17.3 Å². The number of fused-ring (bicyclic) bond motifs is 1. The van der Waals surface area contributed by atoms with Crippen LogP contribution in [-0.2, 0) is 21.2 Å². The summed E-state index contributed by atoms with van der Waals surface area (Å²) < 4.78 is 27.9. The van der Waals surface area contributed by atoms with Gasteiger partial charge in [0.05, 0.1) is 11.4 Å². The average molecular weight is 475 g/mol. The summed E-state index contributed by atoms with van der Waals surface area (Å²) in [5, 5.41) is 4.68. The lowest BCUT2D eigenvalue weighted by atomic mass is 10.1. The predicted octanol–water partition coefficient (Wildman–Crippen LogP) is 4.73. The highest BCUT2D eigenvalue weighted by atomic mass is 79.9. The van der Waals surface area contributed by atoms with Gasteiger partial charge in [0.1, 0.15) is 0 Å². The van der Waals surface area contributed by atoms with Crippen molar-refractivity contribution in [2.75, 3.05) is 18.9 Å². The number of sulfonamides is 1. The van der Waals surface area contributed by atoms with E-state index in [0.29, 0.717) is 0 Å². The normalized spacial score (nSPS) is 11.8. The van der Waals surface area contributed by atoms with Crippen LogP contribution in [0.5, 0.6) is 0 Å². The number of rotatable bonds is 6. The van der Waals surface area contributed by atoms with E-state index in [2.05, 4.69) is 21.2 Å². The maximum absolute atomic E-state index is 12.9. The fourth-order valence-electron chi connectivity index (χ4n) is 3.24. The monoisotopic (exact) mass is 474 g/mol. The molecular weight excluding hydrogens is 452 g/mol. The molecule has 29 heavy (non-hydrogen) atoms. The van der Waals surface area contributed by atoms with Gasteiger partial charge in [0.25, 0.3) is 0 Å². The van der Waals surface area contributed by atoms with Crippen LogP contribution in [0.3, 0.4) is 0 Å². The third-order valence-electron chi connectivity index (χ3n) is 4.82. The summed E-state index contributed by atoms with van der Waals surface area (Å²) in [6.07, 6.45) is 0.751. The Morgan fingerprint density at radius 3 is 2.45 bits per heavy atom. The second-order valence-corrected chi connectivity index (χ2v) is 9.89. The third kappa shape index (κ3) is 4.69. The predicted molar refractivity (Wildman–Crippen MR) is 121 cm³/mol. The van der Waals surface area contributed by atoms with Crippen LogP contribution < -0.4 is 5.32 Å². The fraction of sp³-hybridized carbons (Fsp3) is 0.227. The standard InChI is InChI=1S/C22H23BrN2O3S/c1-4-16-12-19(23)11-15(2)22(16)24-21(26)14-25(3)29(27,28)20-10-9-17-7-5-6-8-18(17)13-20/h5-13H,4,14H2,1-3H3,(H,24,26). The summed E-state index contributed by atoms with van der Waals surface area (Å²) in [4.78, 5) is 12.8. The lowest BCUT2D eigenvalue weighted by Gasteiger charge is -2.19. The number of nitrogens with one attached hydrogen (secondary N) is 1. The molecule has 0 heterocycles. The minimum absolute atomic E-state index is 0.167. The molecule has 3 rings (SSSR count). The number of carbonyl (C=O) groups excluding carboxylic acids is 1. The zero-order chi connectivity index (χ0) is 21.2. The number of nitrogens with zero attached hydrogens (tertiary/aromatic N) is 1. The molecule has 3 aromatic rings.